The maximum absolute atomic E-state index is 13.7. The summed E-state index contributed by atoms with van der Waals surface area (Å²) in [5.74, 6) is -4.15. The fourth-order valence-corrected chi connectivity index (χ4v) is 9.51. The van der Waals surface area contributed by atoms with Crippen molar-refractivity contribution in [1.82, 2.24) is 30.1 Å². The zero-order chi connectivity index (χ0) is 38.5. The van der Waals surface area contributed by atoms with Crippen molar-refractivity contribution in [3.8, 4) is 0 Å². The molecule has 0 aliphatic carbocycles. The molecule has 4 heterocycles. The Balaban J connectivity index is 1.64. The molecule has 0 saturated carbocycles. The fraction of sp³-hybridized carbons (Fsp3) is 0.833. The van der Waals surface area contributed by atoms with Crippen molar-refractivity contribution in [2.75, 3.05) is 21.3 Å². The lowest BCUT2D eigenvalue weighted by molar-refractivity contribution is -0.276. The van der Waals surface area contributed by atoms with E-state index in [1.165, 1.54) is 0 Å². The monoisotopic (exact) mass is 720 g/mol. The van der Waals surface area contributed by atoms with Gasteiger partial charge in [0.2, 0.25) is 17.5 Å². The number of carbonyl (C=O) groups excluding carboxylic acids is 3. The third-order valence-electron chi connectivity index (χ3n) is 10.2. The molecule has 15 heteroatoms. The van der Waals surface area contributed by atoms with Crippen molar-refractivity contribution in [3.05, 3.63) is 17.5 Å². The average molecular weight is 721 g/mol. The van der Waals surface area contributed by atoms with Crippen LogP contribution < -0.4 is 0 Å². The second-order valence-corrected chi connectivity index (χ2v) is 17.9. The van der Waals surface area contributed by atoms with Crippen molar-refractivity contribution >= 4 is 17.9 Å². The number of aromatic nitrogens is 3. The third kappa shape index (κ3) is 8.71. The summed E-state index contributed by atoms with van der Waals surface area (Å²) in [5, 5.41) is 5.69. The van der Waals surface area contributed by atoms with E-state index in [2.05, 4.69) is 15.0 Å². The molecule has 1 aromatic heterocycles. The van der Waals surface area contributed by atoms with Crippen LogP contribution in [-0.4, -0.2) is 121 Å². The molecule has 0 N–H and O–H groups in total. The zero-order valence-corrected chi connectivity index (χ0v) is 33.3. The van der Waals surface area contributed by atoms with Crippen molar-refractivity contribution < 1.29 is 43.1 Å². The molecule has 288 valence electrons. The molecule has 0 bridgehead atoms. The Morgan fingerprint density at radius 1 is 0.431 bits per heavy atom. The lowest BCUT2D eigenvalue weighted by Crippen LogP contribution is -2.61. The quantitative estimate of drug-likeness (QED) is 0.245. The zero-order valence-electron chi connectivity index (χ0n) is 33.3. The number of nitrogens with zero attached hydrogens (tertiary/aromatic N) is 6. The normalized spacial score (nSPS) is 25.2. The summed E-state index contributed by atoms with van der Waals surface area (Å²) < 4.78 is 17.9. The molecule has 1 aromatic rings. The second kappa shape index (κ2) is 14.2. The first kappa shape index (κ1) is 40.9. The molecule has 0 amide bonds. The van der Waals surface area contributed by atoms with Gasteiger partial charge in [-0.15, -0.1) is 0 Å². The van der Waals surface area contributed by atoms with Crippen LogP contribution in [0.4, 0.5) is 0 Å². The molecular weight excluding hydrogens is 660 g/mol. The van der Waals surface area contributed by atoms with Crippen LogP contribution in [0.25, 0.3) is 0 Å². The van der Waals surface area contributed by atoms with Crippen molar-refractivity contribution in [1.29, 1.82) is 0 Å². The Morgan fingerprint density at radius 3 is 0.765 bits per heavy atom. The summed E-state index contributed by atoms with van der Waals surface area (Å²) in [6, 6.07) is 0. The molecule has 0 radical (unpaired) electrons. The Bertz CT molecular complexity index is 1240. The Kier molecular flexibility index (Phi) is 11.4. The minimum Gasteiger partial charge on any atom is -0.456 e. The number of hydrogen-bond acceptors (Lipinski definition) is 15. The molecule has 0 aromatic carbocycles. The van der Waals surface area contributed by atoms with E-state index in [-0.39, 0.29) is 0 Å². The lowest BCUT2D eigenvalue weighted by atomic mass is 9.80. The number of piperidine rings is 3. The molecule has 0 spiro atoms. The molecule has 3 saturated heterocycles. The van der Waals surface area contributed by atoms with E-state index < -0.39 is 86.9 Å². The maximum atomic E-state index is 13.7. The van der Waals surface area contributed by atoms with Gasteiger partial charge in [0.1, 0.15) is 18.3 Å². The predicted molar refractivity (Wildman–Crippen MR) is 186 cm³/mol. The molecule has 15 nitrogen and oxygen atoms in total. The van der Waals surface area contributed by atoms with Gasteiger partial charge >= 0.3 is 17.9 Å². The summed E-state index contributed by atoms with van der Waals surface area (Å²) >= 11 is 0. The largest absolute Gasteiger partial charge is 0.456 e. The SMILES string of the molecule is CON1C(C)(C)CC(OC(=O)c2nc(C(=O)OC3CC(C)(C)N(OC)C(C)(C)C3)nc(C(=O)OC3CC(C)(C)N(OC)C(C)(C)C3)n2)CC1(C)C. The van der Waals surface area contributed by atoms with Gasteiger partial charge in [-0.3, -0.25) is 0 Å². The van der Waals surface area contributed by atoms with Gasteiger partial charge < -0.3 is 28.7 Å². The standard InChI is InChI=1S/C36H60N6O9/c1-31(2)16-22(17-32(3,4)40(31)46-13)49-28(43)25-37-26(29(44)50-23-18-33(5,6)41(47-14)34(7,8)19-23)39-27(38-25)30(45)51-24-20-35(9,10)42(48-15)36(11,12)21-24/h22-24H,16-21H2,1-15H3. The van der Waals surface area contributed by atoms with Crippen LogP contribution in [0.3, 0.4) is 0 Å². The minimum absolute atomic E-state index is 0.461. The molecule has 0 unspecified atom stereocenters. The summed E-state index contributed by atoms with van der Waals surface area (Å²) in [6.45, 7) is 24.0. The van der Waals surface area contributed by atoms with Crippen LogP contribution >= 0.6 is 0 Å². The molecule has 3 aliphatic rings. The summed E-state index contributed by atoms with van der Waals surface area (Å²) in [7, 11) is 4.86. The third-order valence-corrected chi connectivity index (χ3v) is 10.2. The molecular formula is C36H60N6O9. The number of rotatable bonds is 9. The van der Waals surface area contributed by atoms with Gasteiger partial charge in [-0.05, 0) is 83.1 Å². The van der Waals surface area contributed by atoms with Crippen molar-refractivity contribution in [2.24, 2.45) is 0 Å². The summed E-state index contributed by atoms with van der Waals surface area (Å²) in [6.07, 6.45) is 1.19. The Morgan fingerprint density at radius 2 is 0.608 bits per heavy atom. The van der Waals surface area contributed by atoms with Crippen LogP contribution in [0.1, 0.15) is 153 Å². The van der Waals surface area contributed by atoms with Gasteiger partial charge in [-0.2, -0.15) is 30.1 Å². The number of carbonyl (C=O) groups is 3. The Hall–Kier alpha value is -2.82. The van der Waals surface area contributed by atoms with Gasteiger partial charge in [-0.25, -0.2) is 14.4 Å². The first-order chi connectivity index (χ1) is 23.3. The first-order valence-electron chi connectivity index (χ1n) is 17.7. The van der Waals surface area contributed by atoms with E-state index in [9.17, 15) is 14.4 Å². The highest BCUT2D eigenvalue weighted by Gasteiger charge is 2.50. The van der Waals surface area contributed by atoms with Gasteiger partial charge in [0.05, 0.1) is 21.3 Å². The second-order valence-electron chi connectivity index (χ2n) is 17.9. The van der Waals surface area contributed by atoms with E-state index in [1.54, 1.807) is 21.3 Å². The van der Waals surface area contributed by atoms with Gasteiger partial charge in [0.25, 0.3) is 0 Å². The van der Waals surface area contributed by atoms with Gasteiger partial charge in [-0.1, -0.05) is 0 Å². The summed E-state index contributed by atoms with van der Waals surface area (Å²) in [4.78, 5) is 70.8. The van der Waals surface area contributed by atoms with Gasteiger partial charge in [0, 0.05) is 71.8 Å². The minimum atomic E-state index is -0.894. The summed E-state index contributed by atoms with van der Waals surface area (Å²) in [5.41, 5.74) is -2.81. The first-order valence-corrected chi connectivity index (χ1v) is 17.7. The van der Waals surface area contributed by atoms with Crippen molar-refractivity contribution in [2.45, 2.75) is 173 Å². The highest BCUT2D eigenvalue weighted by Crippen LogP contribution is 2.42. The van der Waals surface area contributed by atoms with Crippen LogP contribution in [-0.2, 0) is 28.7 Å². The number of esters is 3. The van der Waals surface area contributed by atoms with Crippen LogP contribution in [0.5, 0.6) is 0 Å². The van der Waals surface area contributed by atoms with E-state index in [0.29, 0.717) is 38.5 Å². The average Bonchev–Trinajstić information content (AvgIpc) is 2.93. The number of ether oxygens (including phenoxy) is 3. The van der Waals surface area contributed by atoms with Crippen molar-refractivity contribution in [3.63, 3.8) is 0 Å². The highest BCUT2D eigenvalue weighted by molar-refractivity contribution is 5.92. The van der Waals surface area contributed by atoms with E-state index in [4.69, 9.17) is 28.7 Å². The topological polar surface area (TPSA) is 155 Å². The molecule has 3 fully saturated rings. The predicted octanol–water partition coefficient (Wildman–Crippen LogP) is 5.09. The van der Waals surface area contributed by atoms with Crippen LogP contribution in [0.15, 0.2) is 0 Å². The molecule has 3 aliphatic heterocycles. The fourth-order valence-electron chi connectivity index (χ4n) is 9.51. The lowest BCUT2D eigenvalue weighted by Gasteiger charge is -2.52. The number of hydrogen-bond donors (Lipinski definition) is 0. The van der Waals surface area contributed by atoms with Crippen LogP contribution in [0, 0.1) is 0 Å². The molecule has 0 atom stereocenters. The van der Waals surface area contributed by atoms with E-state index in [1.807, 2.05) is 98.3 Å². The van der Waals surface area contributed by atoms with E-state index in [0.717, 1.165) is 0 Å². The highest BCUT2D eigenvalue weighted by atomic mass is 16.7. The number of hydroxylamine groups is 6. The van der Waals surface area contributed by atoms with Crippen LogP contribution in [0.2, 0.25) is 0 Å². The van der Waals surface area contributed by atoms with E-state index >= 15 is 0 Å². The maximum Gasteiger partial charge on any atom is 0.376 e. The Labute approximate surface area is 302 Å². The van der Waals surface area contributed by atoms with Gasteiger partial charge in [0.15, 0.2) is 0 Å². The molecule has 4 rings (SSSR count). The smallest absolute Gasteiger partial charge is 0.376 e. The molecule has 51 heavy (non-hydrogen) atoms.